The second-order valence-corrected chi connectivity index (χ2v) is 5.96. The number of anilines is 1. The lowest BCUT2D eigenvalue weighted by molar-refractivity contribution is 0.568. The molecule has 1 N–H and O–H groups in total. The quantitative estimate of drug-likeness (QED) is 0.898. The third kappa shape index (κ3) is 3.20. The van der Waals surface area contributed by atoms with Crippen LogP contribution in [0.1, 0.15) is 18.7 Å². The molecule has 0 radical (unpaired) electrons. The Hall–Kier alpha value is -1.06. The fourth-order valence-electron chi connectivity index (χ4n) is 1.54. The van der Waals surface area contributed by atoms with E-state index in [4.69, 9.17) is 11.6 Å². The van der Waals surface area contributed by atoms with Crippen LogP contribution in [0.4, 0.5) is 5.82 Å². The topological polar surface area (TPSA) is 24.9 Å². The number of pyridine rings is 1. The number of nitrogens with one attached hydrogen (secondary N) is 1. The molecule has 0 fully saturated rings. The molecule has 0 unspecified atom stereocenters. The van der Waals surface area contributed by atoms with E-state index in [2.05, 4.69) is 41.7 Å². The first-order valence-corrected chi connectivity index (χ1v) is 6.73. The fourth-order valence-corrected chi connectivity index (χ4v) is 2.51. The lowest BCUT2D eigenvalue weighted by Crippen LogP contribution is -2.26. The molecular formula is C13H15ClN2S. The molecular weight excluding hydrogens is 252 g/mol. The van der Waals surface area contributed by atoms with Gasteiger partial charge in [-0.05, 0) is 23.6 Å². The first-order valence-electron chi connectivity index (χ1n) is 5.47. The third-order valence-electron chi connectivity index (χ3n) is 2.63. The summed E-state index contributed by atoms with van der Waals surface area (Å²) in [6.45, 7) is 5.30. The van der Waals surface area contributed by atoms with Crippen molar-refractivity contribution in [1.29, 1.82) is 0 Å². The minimum Gasteiger partial charge on any atom is -0.369 e. The van der Waals surface area contributed by atoms with Crippen LogP contribution in [0.5, 0.6) is 0 Å². The van der Waals surface area contributed by atoms with Gasteiger partial charge in [-0.1, -0.05) is 31.5 Å². The molecule has 0 spiro atoms. The van der Waals surface area contributed by atoms with E-state index < -0.39 is 0 Å². The zero-order valence-corrected chi connectivity index (χ0v) is 11.5. The zero-order chi connectivity index (χ0) is 12.3. The van der Waals surface area contributed by atoms with Gasteiger partial charge in [-0.3, -0.25) is 0 Å². The highest BCUT2D eigenvalue weighted by atomic mass is 35.5. The smallest absolute Gasteiger partial charge is 0.126 e. The second-order valence-electron chi connectivity index (χ2n) is 4.58. The molecule has 0 aliphatic carbocycles. The van der Waals surface area contributed by atoms with Crippen LogP contribution in [0, 0.1) is 0 Å². The van der Waals surface area contributed by atoms with Crippen LogP contribution in [0.3, 0.4) is 0 Å². The van der Waals surface area contributed by atoms with Crippen LogP contribution >= 0.6 is 22.9 Å². The molecule has 2 nitrogen and oxygen atoms in total. The first kappa shape index (κ1) is 12.4. The lowest BCUT2D eigenvalue weighted by atomic mass is 9.91. The van der Waals surface area contributed by atoms with Crippen molar-refractivity contribution in [3.05, 3.63) is 45.7 Å². The Bertz CT molecular complexity index is 463. The molecule has 0 saturated carbocycles. The van der Waals surface area contributed by atoms with E-state index in [1.807, 2.05) is 12.1 Å². The van der Waals surface area contributed by atoms with Crippen LogP contribution in [-0.2, 0) is 5.41 Å². The summed E-state index contributed by atoms with van der Waals surface area (Å²) in [6, 6.07) is 7.99. The predicted octanol–water partition coefficient (Wildman–Crippen LogP) is 4.19. The van der Waals surface area contributed by atoms with Gasteiger partial charge in [0.15, 0.2) is 0 Å². The Balaban J connectivity index is 2.00. The molecule has 0 amide bonds. The van der Waals surface area contributed by atoms with Gasteiger partial charge in [0, 0.05) is 23.0 Å². The van der Waals surface area contributed by atoms with Crippen molar-refractivity contribution in [3.8, 4) is 0 Å². The van der Waals surface area contributed by atoms with E-state index in [-0.39, 0.29) is 5.41 Å². The number of hydrogen-bond donors (Lipinski definition) is 1. The first-order chi connectivity index (χ1) is 8.08. The average Bonchev–Trinajstić information content (AvgIpc) is 2.82. The Morgan fingerprint density at radius 2 is 2.18 bits per heavy atom. The minimum atomic E-state index is 0.107. The monoisotopic (exact) mass is 266 g/mol. The standard InChI is InChI=1S/C13H15ClN2S/c1-13(2,11-4-3-7-17-11)9-16-12-6-5-10(14)8-15-12/h3-8H,9H2,1-2H3,(H,15,16). The molecule has 90 valence electrons. The summed E-state index contributed by atoms with van der Waals surface area (Å²) < 4.78 is 0. The summed E-state index contributed by atoms with van der Waals surface area (Å²) in [4.78, 5) is 5.60. The molecule has 0 aromatic carbocycles. The van der Waals surface area contributed by atoms with Crippen LogP contribution in [-0.4, -0.2) is 11.5 Å². The molecule has 17 heavy (non-hydrogen) atoms. The summed E-state index contributed by atoms with van der Waals surface area (Å²) in [5.74, 6) is 0.860. The highest BCUT2D eigenvalue weighted by Gasteiger charge is 2.21. The van der Waals surface area contributed by atoms with Gasteiger partial charge >= 0.3 is 0 Å². The number of rotatable bonds is 4. The van der Waals surface area contributed by atoms with Crippen molar-refractivity contribution in [2.45, 2.75) is 19.3 Å². The maximum Gasteiger partial charge on any atom is 0.126 e. The SMILES string of the molecule is CC(C)(CNc1ccc(Cl)cn1)c1cccs1. The van der Waals surface area contributed by atoms with Crippen molar-refractivity contribution in [2.75, 3.05) is 11.9 Å². The summed E-state index contributed by atoms with van der Waals surface area (Å²) in [6.07, 6.45) is 1.65. The highest BCUT2D eigenvalue weighted by Crippen LogP contribution is 2.27. The Morgan fingerprint density at radius 3 is 2.76 bits per heavy atom. The maximum absolute atomic E-state index is 5.79. The van der Waals surface area contributed by atoms with Gasteiger partial charge in [0.25, 0.3) is 0 Å². The minimum absolute atomic E-state index is 0.107. The third-order valence-corrected chi connectivity index (χ3v) is 4.09. The summed E-state index contributed by atoms with van der Waals surface area (Å²) in [5.41, 5.74) is 0.107. The van der Waals surface area contributed by atoms with Crippen molar-refractivity contribution in [3.63, 3.8) is 0 Å². The van der Waals surface area contributed by atoms with Crippen molar-refractivity contribution in [2.24, 2.45) is 0 Å². The molecule has 4 heteroatoms. The molecule has 0 aliphatic heterocycles. The molecule has 0 aliphatic rings. The largest absolute Gasteiger partial charge is 0.369 e. The molecule has 0 atom stereocenters. The predicted molar refractivity (Wildman–Crippen MR) is 75.1 cm³/mol. The fraction of sp³-hybridized carbons (Fsp3) is 0.308. The number of aromatic nitrogens is 1. The highest BCUT2D eigenvalue weighted by molar-refractivity contribution is 7.10. The Labute approximate surface area is 111 Å². The molecule has 2 aromatic rings. The normalized spacial score (nSPS) is 11.5. The summed E-state index contributed by atoms with van der Waals surface area (Å²) in [7, 11) is 0. The zero-order valence-electron chi connectivity index (χ0n) is 9.90. The number of nitrogens with zero attached hydrogens (tertiary/aromatic N) is 1. The molecule has 2 heterocycles. The Morgan fingerprint density at radius 1 is 1.35 bits per heavy atom. The van der Waals surface area contributed by atoms with Crippen molar-refractivity contribution < 1.29 is 0 Å². The molecule has 0 bridgehead atoms. The van der Waals surface area contributed by atoms with E-state index in [1.165, 1.54) is 4.88 Å². The van der Waals surface area contributed by atoms with E-state index in [1.54, 1.807) is 17.5 Å². The maximum atomic E-state index is 5.79. The van der Waals surface area contributed by atoms with Crippen LogP contribution in [0.25, 0.3) is 0 Å². The van der Waals surface area contributed by atoms with E-state index in [0.717, 1.165) is 12.4 Å². The van der Waals surface area contributed by atoms with Gasteiger partial charge < -0.3 is 5.32 Å². The number of thiophene rings is 1. The van der Waals surface area contributed by atoms with Gasteiger partial charge in [0.2, 0.25) is 0 Å². The molecule has 2 rings (SSSR count). The summed E-state index contributed by atoms with van der Waals surface area (Å²) in [5, 5.41) is 6.11. The van der Waals surface area contributed by atoms with E-state index in [9.17, 15) is 0 Å². The van der Waals surface area contributed by atoms with Crippen LogP contribution < -0.4 is 5.32 Å². The van der Waals surface area contributed by atoms with Gasteiger partial charge in [-0.2, -0.15) is 0 Å². The van der Waals surface area contributed by atoms with Gasteiger partial charge in [-0.15, -0.1) is 11.3 Å². The van der Waals surface area contributed by atoms with Gasteiger partial charge in [0.1, 0.15) is 5.82 Å². The molecule has 0 saturated heterocycles. The van der Waals surface area contributed by atoms with Crippen LogP contribution in [0.2, 0.25) is 5.02 Å². The van der Waals surface area contributed by atoms with Crippen molar-refractivity contribution in [1.82, 2.24) is 4.98 Å². The van der Waals surface area contributed by atoms with Gasteiger partial charge in [0.05, 0.1) is 5.02 Å². The average molecular weight is 267 g/mol. The number of halogens is 1. The number of hydrogen-bond acceptors (Lipinski definition) is 3. The van der Waals surface area contributed by atoms with Crippen molar-refractivity contribution >= 4 is 28.8 Å². The second kappa shape index (κ2) is 5.07. The van der Waals surface area contributed by atoms with Gasteiger partial charge in [-0.25, -0.2) is 4.98 Å². The summed E-state index contributed by atoms with van der Waals surface area (Å²) >= 11 is 7.58. The van der Waals surface area contributed by atoms with Crippen LogP contribution in [0.15, 0.2) is 35.8 Å². The molecule has 2 aromatic heterocycles. The lowest BCUT2D eigenvalue weighted by Gasteiger charge is -2.23. The van der Waals surface area contributed by atoms with E-state index in [0.29, 0.717) is 5.02 Å². The Kier molecular flexibility index (Phi) is 3.69. The van der Waals surface area contributed by atoms with E-state index >= 15 is 0 Å².